The lowest BCUT2D eigenvalue weighted by atomic mass is 9.41. The van der Waals surface area contributed by atoms with Gasteiger partial charge in [0, 0.05) is 12.8 Å². The monoisotopic (exact) mass is 1200 g/mol. The Kier molecular flexibility index (Phi) is 27.2. The molecule has 492 valence electrons. The van der Waals surface area contributed by atoms with E-state index in [4.69, 9.17) is 14.2 Å². The quantitative estimate of drug-likeness (QED) is 0.0206. The highest BCUT2D eigenvalue weighted by Crippen LogP contribution is 2.72. The molecule has 1 heterocycles. The number of fused-ring (bicyclic) bond motifs is 5. The Labute approximate surface area is 511 Å². The van der Waals surface area contributed by atoms with E-state index in [0.717, 1.165) is 128 Å². The zero-order chi connectivity index (χ0) is 61.5. The van der Waals surface area contributed by atoms with Crippen LogP contribution in [0, 0.1) is 57.7 Å². The minimum absolute atomic E-state index is 0.0615. The van der Waals surface area contributed by atoms with Gasteiger partial charge in [-0.2, -0.15) is 0 Å². The molecule has 8 fully saturated rings. The first-order chi connectivity index (χ1) is 40.5. The van der Waals surface area contributed by atoms with E-state index in [-0.39, 0.29) is 65.4 Å². The van der Waals surface area contributed by atoms with E-state index in [1.54, 1.807) is 13.8 Å². The van der Waals surface area contributed by atoms with Gasteiger partial charge in [-0.25, -0.2) is 9.18 Å². The second-order valence-electron chi connectivity index (χ2n) is 30.2. The maximum Gasteiger partial charge on any atom is 0.328 e. The van der Waals surface area contributed by atoms with E-state index in [0.29, 0.717) is 54.8 Å². The van der Waals surface area contributed by atoms with Crippen LogP contribution < -0.4 is 10.6 Å². The third kappa shape index (κ3) is 18.6. The number of hydrogen-bond donors (Lipinski definition) is 9. The van der Waals surface area contributed by atoms with Gasteiger partial charge in [-0.15, -0.1) is 0 Å². The average Bonchev–Trinajstić information content (AvgIpc) is 1.38. The molecule has 8 rings (SSSR count). The van der Waals surface area contributed by atoms with Gasteiger partial charge in [0.05, 0.1) is 31.0 Å². The summed E-state index contributed by atoms with van der Waals surface area (Å²) in [5.74, 6) is 0.435. The fraction of sp³-hybridized carbons (Fsp3) is 0.957. The molecule has 5 unspecified atom stereocenters. The van der Waals surface area contributed by atoms with E-state index in [9.17, 15) is 54.5 Å². The molecule has 85 heavy (non-hydrogen) atoms. The van der Waals surface area contributed by atoms with Gasteiger partial charge < -0.3 is 60.6 Å². The predicted molar refractivity (Wildman–Crippen MR) is 327 cm³/mol. The number of halogens is 1. The Morgan fingerprint density at radius 1 is 0.647 bits per heavy atom. The molecule has 1 saturated heterocycles. The van der Waals surface area contributed by atoms with Crippen molar-refractivity contribution < 1.29 is 68.7 Å². The third-order valence-corrected chi connectivity index (χ3v) is 23.4. The molecule has 2 bridgehead atoms. The van der Waals surface area contributed by atoms with E-state index in [1.165, 1.54) is 64.2 Å². The van der Waals surface area contributed by atoms with E-state index in [2.05, 4.69) is 38.3 Å². The van der Waals surface area contributed by atoms with Gasteiger partial charge in [-0.3, -0.25) is 9.59 Å². The number of esters is 1. The molecule has 15 nitrogen and oxygen atoms in total. The van der Waals surface area contributed by atoms with Crippen LogP contribution >= 0.6 is 0 Å². The number of carbonyl (C=O) groups is 3. The number of ether oxygens (including phenoxy) is 3. The molecule has 1 aliphatic heterocycles. The molecule has 7 saturated carbocycles. The molecule has 0 radical (unpaired) electrons. The number of rotatable bonds is 39. The first-order valence-electron chi connectivity index (χ1n) is 35.0. The zero-order valence-electron chi connectivity index (χ0n) is 53.7. The van der Waals surface area contributed by atoms with Crippen molar-refractivity contribution in [2.24, 2.45) is 57.7 Å². The normalized spacial score (nSPS) is 36.6. The minimum atomic E-state index is -1.77. The summed E-state index contributed by atoms with van der Waals surface area (Å²) in [4.78, 5) is 40.8. The minimum Gasteiger partial charge on any atom is -0.461 e. The lowest BCUT2D eigenvalue weighted by molar-refractivity contribution is -0.303. The van der Waals surface area contributed by atoms with Crippen molar-refractivity contribution in [3.63, 3.8) is 0 Å². The summed E-state index contributed by atoms with van der Waals surface area (Å²) in [7, 11) is 0. The highest BCUT2D eigenvalue weighted by Gasteiger charge is 2.68. The summed E-state index contributed by atoms with van der Waals surface area (Å²) in [6.07, 6.45) is 23.3. The Hall–Kier alpha value is -2.02. The molecular formula is C69H121FN2O13. The summed E-state index contributed by atoms with van der Waals surface area (Å²) in [6.45, 7) is 12.0. The van der Waals surface area contributed by atoms with Gasteiger partial charge in [0.2, 0.25) is 11.8 Å². The third-order valence-electron chi connectivity index (χ3n) is 23.4. The first kappa shape index (κ1) is 70.4. The van der Waals surface area contributed by atoms with Gasteiger partial charge in [0.15, 0.2) is 6.29 Å². The van der Waals surface area contributed by atoms with Gasteiger partial charge in [0.1, 0.15) is 48.8 Å². The zero-order valence-corrected chi connectivity index (χ0v) is 53.7. The number of amides is 2. The van der Waals surface area contributed by atoms with Gasteiger partial charge in [-0.1, -0.05) is 164 Å². The molecule has 0 spiro atoms. The predicted octanol–water partition coefficient (Wildman–Crippen LogP) is 11.0. The number of aliphatic hydroxyl groups excluding tert-OH is 7. The van der Waals surface area contributed by atoms with Crippen molar-refractivity contribution in [2.75, 3.05) is 13.2 Å². The topological polar surface area (TPSA) is 245 Å². The highest BCUT2D eigenvalue weighted by atomic mass is 19.1. The smallest absolute Gasteiger partial charge is 0.328 e. The molecule has 2 amide bonds. The number of aliphatic hydroxyl groups is 7. The van der Waals surface area contributed by atoms with Gasteiger partial charge in [-0.05, 0) is 154 Å². The number of unbranched alkanes of at least 4 members (excludes halogenated alkanes) is 18. The summed E-state index contributed by atoms with van der Waals surface area (Å²) < 4.78 is 31.5. The van der Waals surface area contributed by atoms with E-state index < -0.39 is 79.8 Å². The molecule has 0 aromatic carbocycles. The summed E-state index contributed by atoms with van der Waals surface area (Å²) >= 11 is 0. The van der Waals surface area contributed by atoms with E-state index in [1.807, 2.05) is 0 Å². The van der Waals surface area contributed by atoms with Crippen LogP contribution in [0.3, 0.4) is 0 Å². The number of carbonyl (C=O) groups excluding carboxylic acids is 3. The van der Waals surface area contributed by atoms with Crippen LogP contribution in [0.25, 0.3) is 0 Å². The molecule has 16 heteroatoms. The van der Waals surface area contributed by atoms with Crippen LogP contribution in [0.15, 0.2) is 0 Å². The standard InChI is InChI=1S/C69H121FN2O13/c1-7-8-9-10-11-12-13-14-15-18-21-24-27-53(74)60(78)52(71-56(76)28-25-22-19-16-17-20-23-26-35-68-42-69(70,43-68)44-68)40-84-65-63(81)62(80)61(79)55(85-65)41-83-64(82)59(45(2)3)72-57(77)32-29-46(4)49-30-31-50-58-51(34-37-67(49,50)6)66(5)36-33-48(73)38-47(66)39-54(58)75/h45-55,58-63,65,73-75,78-81H,7-44H2,1-6H3,(H,71,76)(H,72,77)/t46-,47?,48-,49?,50?,51?,52+,53-,54-,55-,58?,59+,60+,61+,62+,63-,65+,66+,67-,68?,69?/m1/s1. The van der Waals surface area contributed by atoms with Crippen LogP contribution in [-0.4, -0.2) is 140 Å². The first-order valence-corrected chi connectivity index (χ1v) is 35.0. The number of hydrogen-bond acceptors (Lipinski definition) is 13. The average molecular weight is 1210 g/mol. The van der Waals surface area contributed by atoms with Gasteiger partial charge >= 0.3 is 5.97 Å². The van der Waals surface area contributed by atoms with Crippen LogP contribution in [-0.2, 0) is 28.6 Å². The Morgan fingerprint density at radius 2 is 1.22 bits per heavy atom. The molecule has 19 atom stereocenters. The summed E-state index contributed by atoms with van der Waals surface area (Å²) in [6, 6.07) is -2.12. The highest BCUT2D eigenvalue weighted by molar-refractivity contribution is 5.84. The molecular weight excluding hydrogens is 1080 g/mol. The van der Waals surface area contributed by atoms with E-state index >= 15 is 0 Å². The van der Waals surface area contributed by atoms with Crippen molar-refractivity contribution in [3.05, 3.63) is 0 Å². The van der Waals surface area contributed by atoms with Crippen molar-refractivity contribution in [3.8, 4) is 0 Å². The lowest BCUT2D eigenvalue weighted by Gasteiger charge is -2.66. The van der Waals surface area contributed by atoms with Crippen molar-refractivity contribution in [1.29, 1.82) is 0 Å². The SMILES string of the molecule is CCCCCCCCCCCCCC[C@@H](O)[C@@H](O)[C@H](CO[C@H]1O[C@H](COC(=O)[C@@H](NC(=O)CC[C@@H](C)C2CCC3C4C(CC[C@@]32C)[C@@]2(C)CC[C@@H](O)CC2C[C@H]4O)C(C)C)[C@H](O)[C@H](O)[C@H]1O)NC(=O)CCCCCCCCCCC12CC(F)(C1)C2. The fourth-order valence-electron chi connectivity index (χ4n) is 18.2. The maximum absolute atomic E-state index is 13.9. The fourth-order valence-corrected chi connectivity index (χ4v) is 18.2. The van der Waals surface area contributed by atoms with Crippen molar-refractivity contribution >= 4 is 17.8 Å². The van der Waals surface area contributed by atoms with Crippen molar-refractivity contribution in [1.82, 2.24) is 10.6 Å². The molecule has 0 aromatic rings. The van der Waals surface area contributed by atoms with Crippen LogP contribution in [0.1, 0.15) is 273 Å². The number of nitrogens with one attached hydrogen (secondary N) is 2. The molecule has 9 N–H and O–H groups in total. The summed E-state index contributed by atoms with van der Waals surface area (Å²) in [5.41, 5.74) is -0.300. The summed E-state index contributed by atoms with van der Waals surface area (Å²) in [5, 5.41) is 84.0. The Morgan fingerprint density at radius 3 is 1.85 bits per heavy atom. The maximum atomic E-state index is 13.9. The Balaban J connectivity index is 0.848. The second kappa shape index (κ2) is 32.8. The van der Waals surface area contributed by atoms with Crippen LogP contribution in [0.2, 0.25) is 0 Å². The Bertz CT molecular complexity index is 2010. The number of alkyl halides is 1. The molecule has 0 aromatic heterocycles. The van der Waals surface area contributed by atoms with Gasteiger partial charge in [0.25, 0.3) is 0 Å². The van der Waals surface area contributed by atoms with Crippen LogP contribution in [0.4, 0.5) is 4.39 Å². The molecule has 8 aliphatic rings. The van der Waals surface area contributed by atoms with Crippen molar-refractivity contribution in [2.45, 2.75) is 346 Å². The second-order valence-corrected chi connectivity index (χ2v) is 30.2. The lowest BCUT2D eigenvalue weighted by Crippen LogP contribution is -2.64. The molecule has 7 aliphatic carbocycles. The largest absolute Gasteiger partial charge is 0.461 e. The van der Waals surface area contributed by atoms with Crippen LogP contribution in [0.5, 0.6) is 0 Å².